The molecule has 0 bridgehead atoms. The van der Waals surface area contributed by atoms with Crippen LogP contribution in [0, 0.1) is 0 Å². The maximum atomic E-state index is 13.3. The van der Waals surface area contributed by atoms with E-state index in [1.165, 1.54) is 24.0 Å². The van der Waals surface area contributed by atoms with Gasteiger partial charge >= 0.3 is 0 Å². The van der Waals surface area contributed by atoms with Crippen LogP contribution in [-0.2, 0) is 17.6 Å². The minimum atomic E-state index is -0.505. The fourth-order valence-corrected chi connectivity index (χ4v) is 4.96. The Kier molecular flexibility index (Phi) is 6.54. The van der Waals surface area contributed by atoms with Crippen LogP contribution in [0.2, 0.25) is 0 Å². The quantitative estimate of drug-likeness (QED) is 0.603. The van der Waals surface area contributed by atoms with Crippen LogP contribution in [0.5, 0.6) is 11.5 Å². The fourth-order valence-electron chi connectivity index (χ4n) is 4.96. The van der Waals surface area contributed by atoms with E-state index in [1.807, 2.05) is 31.2 Å². The summed E-state index contributed by atoms with van der Waals surface area (Å²) in [5, 5.41) is 3.29. The first kappa shape index (κ1) is 21.7. The standard InChI is InChI=1S/C27H35NO3/c1-4-24(30-21-16-15-19-11-7-8-12-20(19)17-21)26(29)28-23-18-27(5-2,6-3)31-25-14-10-9-13-22(23)25/h9-10,13-17,23-24H,4-8,11-12,18H2,1-3H3,(H,28,29)/t23-,24+/m1/s1. The molecule has 2 aromatic carbocycles. The molecule has 4 rings (SSSR count). The Balaban J connectivity index is 1.50. The highest BCUT2D eigenvalue weighted by atomic mass is 16.5. The van der Waals surface area contributed by atoms with Crippen LogP contribution >= 0.6 is 0 Å². The molecule has 1 aliphatic heterocycles. The summed E-state index contributed by atoms with van der Waals surface area (Å²) in [5.74, 6) is 1.63. The Morgan fingerprint density at radius 3 is 2.58 bits per heavy atom. The molecule has 0 saturated heterocycles. The van der Waals surface area contributed by atoms with Crippen molar-refractivity contribution < 1.29 is 14.3 Å². The van der Waals surface area contributed by atoms with Gasteiger partial charge in [-0.3, -0.25) is 4.79 Å². The van der Waals surface area contributed by atoms with E-state index in [0.29, 0.717) is 6.42 Å². The summed E-state index contributed by atoms with van der Waals surface area (Å²) >= 11 is 0. The van der Waals surface area contributed by atoms with E-state index in [-0.39, 0.29) is 17.6 Å². The molecule has 0 radical (unpaired) electrons. The first-order valence-corrected chi connectivity index (χ1v) is 11.9. The van der Waals surface area contributed by atoms with Gasteiger partial charge in [-0.15, -0.1) is 0 Å². The number of carbonyl (C=O) groups excluding carboxylic acids is 1. The zero-order chi connectivity index (χ0) is 21.8. The van der Waals surface area contributed by atoms with Crippen molar-refractivity contribution in [1.29, 1.82) is 0 Å². The van der Waals surface area contributed by atoms with E-state index < -0.39 is 6.10 Å². The molecule has 0 fully saturated rings. The lowest BCUT2D eigenvalue weighted by Crippen LogP contribution is -2.47. The van der Waals surface area contributed by atoms with Crippen molar-refractivity contribution >= 4 is 5.91 Å². The van der Waals surface area contributed by atoms with Crippen molar-refractivity contribution in [3.63, 3.8) is 0 Å². The highest BCUT2D eigenvalue weighted by Crippen LogP contribution is 2.42. The van der Waals surface area contributed by atoms with Gasteiger partial charge in [0.2, 0.25) is 0 Å². The number of fused-ring (bicyclic) bond motifs is 2. The van der Waals surface area contributed by atoms with Gasteiger partial charge in [-0.25, -0.2) is 0 Å². The second kappa shape index (κ2) is 9.33. The summed E-state index contributed by atoms with van der Waals surface area (Å²) in [7, 11) is 0. The Morgan fingerprint density at radius 1 is 1.10 bits per heavy atom. The molecule has 1 aliphatic carbocycles. The molecule has 1 amide bonds. The molecule has 0 spiro atoms. The minimum Gasteiger partial charge on any atom is -0.487 e. The predicted molar refractivity (Wildman–Crippen MR) is 124 cm³/mol. The Morgan fingerprint density at radius 2 is 1.84 bits per heavy atom. The highest BCUT2D eigenvalue weighted by Gasteiger charge is 2.39. The minimum absolute atomic E-state index is 0.0528. The van der Waals surface area contributed by atoms with Crippen LogP contribution in [0.25, 0.3) is 0 Å². The molecule has 166 valence electrons. The fraction of sp³-hybridized carbons (Fsp3) is 0.519. The van der Waals surface area contributed by atoms with Gasteiger partial charge in [0.05, 0.1) is 6.04 Å². The number of amides is 1. The summed E-state index contributed by atoms with van der Waals surface area (Å²) in [5.41, 5.74) is 3.60. The van der Waals surface area contributed by atoms with Gasteiger partial charge in [-0.2, -0.15) is 0 Å². The number of hydrogen-bond donors (Lipinski definition) is 1. The third kappa shape index (κ3) is 4.58. The monoisotopic (exact) mass is 421 g/mol. The number of carbonyl (C=O) groups is 1. The van der Waals surface area contributed by atoms with Crippen LogP contribution < -0.4 is 14.8 Å². The third-order valence-corrected chi connectivity index (χ3v) is 7.06. The molecular weight excluding hydrogens is 386 g/mol. The molecule has 1 N–H and O–H groups in total. The van der Waals surface area contributed by atoms with Crippen LogP contribution in [0.15, 0.2) is 42.5 Å². The van der Waals surface area contributed by atoms with Gasteiger partial charge in [0.15, 0.2) is 6.10 Å². The molecule has 2 aromatic rings. The van der Waals surface area contributed by atoms with Crippen molar-refractivity contribution in [1.82, 2.24) is 5.32 Å². The number of ether oxygens (including phenoxy) is 2. The summed E-state index contributed by atoms with van der Waals surface area (Å²) in [6.07, 6.45) is 7.45. The lowest BCUT2D eigenvalue weighted by atomic mass is 9.83. The number of nitrogens with one attached hydrogen (secondary N) is 1. The summed E-state index contributed by atoms with van der Waals surface area (Å²) in [6, 6.07) is 14.3. The molecular formula is C27H35NO3. The van der Waals surface area contributed by atoms with Crippen molar-refractivity contribution in [2.24, 2.45) is 0 Å². The summed E-state index contributed by atoms with van der Waals surface area (Å²) in [6.45, 7) is 6.32. The normalized spacial score (nSPS) is 20.0. The lowest BCUT2D eigenvalue weighted by Gasteiger charge is -2.42. The van der Waals surface area contributed by atoms with E-state index in [2.05, 4.69) is 37.4 Å². The molecule has 0 saturated carbocycles. The smallest absolute Gasteiger partial charge is 0.261 e. The zero-order valence-corrected chi connectivity index (χ0v) is 19.1. The number of benzene rings is 2. The van der Waals surface area contributed by atoms with Gasteiger partial charge < -0.3 is 14.8 Å². The molecule has 0 aromatic heterocycles. The largest absolute Gasteiger partial charge is 0.487 e. The van der Waals surface area contributed by atoms with E-state index in [4.69, 9.17) is 9.47 Å². The predicted octanol–water partition coefficient (Wildman–Crippen LogP) is 5.92. The first-order valence-electron chi connectivity index (χ1n) is 11.9. The highest BCUT2D eigenvalue weighted by molar-refractivity contribution is 5.81. The molecule has 1 heterocycles. The van der Waals surface area contributed by atoms with E-state index >= 15 is 0 Å². The number of hydrogen-bond acceptors (Lipinski definition) is 3. The lowest BCUT2D eigenvalue weighted by molar-refractivity contribution is -0.129. The molecule has 31 heavy (non-hydrogen) atoms. The van der Waals surface area contributed by atoms with E-state index in [0.717, 1.165) is 49.2 Å². The maximum absolute atomic E-state index is 13.3. The average Bonchev–Trinajstić information content (AvgIpc) is 2.82. The maximum Gasteiger partial charge on any atom is 0.261 e. The van der Waals surface area contributed by atoms with Crippen LogP contribution in [0.4, 0.5) is 0 Å². The molecule has 2 atom stereocenters. The topological polar surface area (TPSA) is 47.6 Å². The van der Waals surface area contributed by atoms with E-state index in [9.17, 15) is 4.79 Å². The van der Waals surface area contributed by atoms with Crippen molar-refractivity contribution in [3.8, 4) is 11.5 Å². The van der Waals surface area contributed by atoms with E-state index in [1.54, 1.807) is 0 Å². The third-order valence-electron chi connectivity index (χ3n) is 7.06. The van der Waals surface area contributed by atoms with Crippen molar-refractivity contribution in [2.45, 2.75) is 89.9 Å². The van der Waals surface area contributed by atoms with Crippen LogP contribution in [0.3, 0.4) is 0 Å². The average molecular weight is 422 g/mol. The summed E-state index contributed by atoms with van der Waals surface area (Å²) < 4.78 is 12.6. The SMILES string of the molecule is CC[C@H](Oc1ccc2c(c1)CCCC2)C(=O)N[C@@H]1CC(CC)(CC)Oc2ccccc21. The first-order chi connectivity index (χ1) is 15.1. The zero-order valence-electron chi connectivity index (χ0n) is 19.1. The second-order valence-corrected chi connectivity index (χ2v) is 8.95. The number of aryl methyl sites for hydroxylation is 2. The molecule has 4 heteroatoms. The molecule has 4 nitrogen and oxygen atoms in total. The van der Waals surface area contributed by atoms with Crippen LogP contribution in [0.1, 0.15) is 82.0 Å². The van der Waals surface area contributed by atoms with Gasteiger partial charge in [0, 0.05) is 12.0 Å². The Labute approximate surface area is 186 Å². The van der Waals surface area contributed by atoms with Gasteiger partial charge in [-0.05, 0) is 74.3 Å². The van der Waals surface area contributed by atoms with Gasteiger partial charge in [0.1, 0.15) is 17.1 Å². The summed E-state index contributed by atoms with van der Waals surface area (Å²) in [4.78, 5) is 13.3. The molecule has 0 unspecified atom stereocenters. The number of para-hydroxylation sites is 1. The van der Waals surface area contributed by atoms with Crippen molar-refractivity contribution in [3.05, 3.63) is 59.2 Å². The second-order valence-electron chi connectivity index (χ2n) is 8.95. The van der Waals surface area contributed by atoms with Gasteiger partial charge in [-0.1, -0.05) is 45.0 Å². The molecule has 2 aliphatic rings. The van der Waals surface area contributed by atoms with Crippen LogP contribution in [-0.4, -0.2) is 17.6 Å². The Hall–Kier alpha value is -2.49. The Bertz CT molecular complexity index is 918. The van der Waals surface area contributed by atoms with Gasteiger partial charge in [0.25, 0.3) is 5.91 Å². The number of rotatable bonds is 7. The van der Waals surface area contributed by atoms with Crippen molar-refractivity contribution in [2.75, 3.05) is 0 Å².